The summed E-state index contributed by atoms with van der Waals surface area (Å²) in [6.45, 7) is 8.15. The number of aromatic nitrogens is 1. The Balaban J connectivity index is 1.92. The number of anilines is 1. The van der Waals surface area contributed by atoms with Crippen molar-refractivity contribution in [1.29, 1.82) is 5.41 Å². The highest BCUT2D eigenvalue weighted by Gasteiger charge is 2.12. The van der Waals surface area contributed by atoms with E-state index in [1.54, 1.807) is 24.4 Å². The normalized spacial score (nSPS) is 11.9. The van der Waals surface area contributed by atoms with Gasteiger partial charge in [0.15, 0.2) is 0 Å². The number of pyridine rings is 1. The summed E-state index contributed by atoms with van der Waals surface area (Å²) in [7, 11) is -1.08. The van der Waals surface area contributed by atoms with Gasteiger partial charge in [-0.1, -0.05) is 19.6 Å². The maximum Gasteiger partial charge on any atom is 0.145 e. The smallest absolute Gasteiger partial charge is 0.145 e. The van der Waals surface area contributed by atoms with E-state index in [1.165, 1.54) is 6.21 Å². The Morgan fingerprint density at radius 1 is 1.15 bits per heavy atom. The number of benzene rings is 1. The summed E-state index contributed by atoms with van der Waals surface area (Å²) in [4.78, 5) is 4.01. The first kappa shape index (κ1) is 20.7. The van der Waals surface area contributed by atoms with E-state index in [1.807, 2.05) is 24.3 Å². The highest BCUT2D eigenvalue weighted by molar-refractivity contribution is 6.76. The highest BCUT2D eigenvalue weighted by atomic mass is 28.3. The molecule has 0 aliphatic rings. The highest BCUT2D eigenvalue weighted by Crippen LogP contribution is 2.23. The van der Waals surface area contributed by atoms with Gasteiger partial charge in [-0.25, -0.2) is 4.98 Å². The lowest BCUT2D eigenvalue weighted by Gasteiger charge is -2.16. The van der Waals surface area contributed by atoms with E-state index in [2.05, 4.69) is 29.9 Å². The van der Waals surface area contributed by atoms with E-state index in [0.29, 0.717) is 24.0 Å². The molecular weight excluding hydrogens is 356 g/mol. The predicted molar refractivity (Wildman–Crippen MR) is 114 cm³/mol. The Morgan fingerprint density at radius 2 is 1.85 bits per heavy atom. The third kappa shape index (κ3) is 7.63. The summed E-state index contributed by atoms with van der Waals surface area (Å²) >= 11 is 0. The van der Waals surface area contributed by atoms with Crippen molar-refractivity contribution < 1.29 is 9.47 Å². The zero-order valence-electron chi connectivity index (χ0n) is 16.2. The lowest BCUT2D eigenvalue weighted by atomic mass is 10.1. The number of hydrogen-bond donors (Lipinski definition) is 3. The first-order valence-corrected chi connectivity index (χ1v) is 12.6. The third-order valence-electron chi connectivity index (χ3n) is 3.77. The van der Waals surface area contributed by atoms with Crippen molar-refractivity contribution in [3.05, 3.63) is 54.2 Å². The molecule has 0 fully saturated rings. The maximum atomic E-state index is 7.37. The van der Waals surface area contributed by atoms with Gasteiger partial charge in [-0.2, -0.15) is 0 Å². The molecule has 1 aromatic heterocycles. The van der Waals surface area contributed by atoms with Crippen LogP contribution in [0.25, 0.3) is 5.70 Å². The van der Waals surface area contributed by atoms with Gasteiger partial charge in [0, 0.05) is 26.6 Å². The van der Waals surface area contributed by atoms with Crippen LogP contribution < -0.4 is 15.8 Å². The fraction of sp³-hybridized carbons (Fsp3) is 0.300. The van der Waals surface area contributed by atoms with Crippen molar-refractivity contribution in [1.82, 2.24) is 10.3 Å². The van der Waals surface area contributed by atoms with E-state index >= 15 is 0 Å². The van der Waals surface area contributed by atoms with Gasteiger partial charge in [-0.15, -0.1) is 0 Å². The van der Waals surface area contributed by atoms with Crippen molar-refractivity contribution in [3.8, 4) is 11.5 Å². The van der Waals surface area contributed by atoms with Crippen LogP contribution in [-0.2, 0) is 4.74 Å². The fourth-order valence-corrected chi connectivity index (χ4v) is 2.97. The average molecular weight is 385 g/mol. The SMILES string of the molecule is C[Si](C)(C)CCOCN/C(=C\C=N)c1ccc(Oc2ccc(N)nc2)cc1. The Morgan fingerprint density at radius 3 is 2.44 bits per heavy atom. The molecule has 0 radical (unpaired) electrons. The number of nitrogens with one attached hydrogen (secondary N) is 2. The second-order valence-corrected chi connectivity index (χ2v) is 13.0. The van der Waals surface area contributed by atoms with Gasteiger partial charge in [0.05, 0.1) is 6.20 Å². The van der Waals surface area contributed by atoms with Crippen LogP contribution in [0.4, 0.5) is 5.82 Å². The summed E-state index contributed by atoms with van der Waals surface area (Å²) in [5.41, 5.74) is 7.36. The van der Waals surface area contributed by atoms with E-state index in [9.17, 15) is 0 Å². The molecule has 0 spiro atoms. The molecule has 6 nitrogen and oxygen atoms in total. The van der Waals surface area contributed by atoms with Gasteiger partial charge in [0.25, 0.3) is 0 Å². The molecule has 0 aliphatic carbocycles. The van der Waals surface area contributed by atoms with E-state index in [0.717, 1.165) is 23.9 Å². The number of hydrogen-bond acceptors (Lipinski definition) is 6. The number of rotatable bonds is 10. The van der Waals surface area contributed by atoms with Crippen molar-refractivity contribution in [2.45, 2.75) is 25.7 Å². The standard InChI is InChI=1S/C20H28N4O2Si/c1-27(2,3)13-12-25-15-24-19(10-11-21)16-4-6-17(7-5-16)26-18-8-9-20(22)23-14-18/h4-11,14,21,24H,12-13,15H2,1-3H3,(H2,22,23)/b19-10-,21-11?. The average Bonchev–Trinajstić information content (AvgIpc) is 2.62. The van der Waals surface area contributed by atoms with Crippen LogP contribution in [0.2, 0.25) is 25.7 Å². The molecule has 1 heterocycles. The summed E-state index contributed by atoms with van der Waals surface area (Å²) in [5.74, 6) is 1.78. The third-order valence-corrected chi connectivity index (χ3v) is 5.48. The lowest BCUT2D eigenvalue weighted by molar-refractivity contribution is 0.139. The van der Waals surface area contributed by atoms with E-state index in [-0.39, 0.29) is 0 Å². The van der Waals surface area contributed by atoms with Crippen LogP contribution in [0.5, 0.6) is 11.5 Å². The molecule has 27 heavy (non-hydrogen) atoms. The summed E-state index contributed by atoms with van der Waals surface area (Å²) < 4.78 is 11.4. The van der Waals surface area contributed by atoms with Crippen molar-refractivity contribution in [3.63, 3.8) is 0 Å². The minimum Gasteiger partial charge on any atom is -0.456 e. The van der Waals surface area contributed by atoms with Gasteiger partial charge in [-0.05, 0) is 54.1 Å². The largest absolute Gasteiger partial charge is 0.456 e. The predicted octanol–water partition coefficient (Wildman–Crippen LogP) is 4.35. The zero-order chi connectivity index (χ0) is 19.7. The van der Waals surface area contributed by atoms with Crippen molar-refractivity contribution in [2.75, 3.05) is 19.1 Å². The number of allylic oxidation sites excluding steroid dienone is 1. The molecule has 4 N–H and O–H groups in total. The Labute approximate surface area is 161 Å². The van der Waals surface area contributed by atoms with Crippen LogP contribution in [0.15, 0.2) is 48.7 Å². The van der Waals surface area contributed by atoms with Crippen molar-refractivity contribution >= 4 is 25.8 Å². The molecule has 0 saturated carbocycles. The van der Waals surface area contributed by atoms with Crippen LogP contribution >= 0.6 is 0 Å². The minimum atomic E-state index is -1.08. The molecule has 144 valence electrons. The van der Waals surface area contributed by atoms with E-state index < -0.39 is 8.07 Å². The summed E-state index contributed by atoms with van der Waals surface area (Å²) in [5, 5.41) is 10.6. The Hall–Kier alpha value is -2.64. The molecule has 2 aromatic rings. The molecule has 7 heteroatoms. The number of nitrogens with zero attached hydrogens (tertiary/aromatic N) is 1. The molecule has 0 amide bonds. The van der Waals surface area contributed by atoms with Crippen LogP contribution in [0.1, 0.15) is 5.56 Å². The van der Waals surface area contributed by atoms with Crippen LogP contribution in [0, 0.1) is 5.41 Å². The molecular formula is C20H28N4O2Si. The minimum absolute atomic E-state index is 0.416. The molecule has 1 aromatic carbocycles. The second-order valence-electron chi connectivity index (χ2n) is 7.33. The quantitative estimate of drug-likeness (QED) is 0.245. The molecule has 2 rings (SSSR count). The van der Waals surface area contributed by atoms with Crippen LogP contribution in [-0.4, -0.2) is 32.6 Å². The molecule has 0 unspecified atom stereocenters. The van der Waals surface area contributed by atoms with Crippen LogP contribution in [0.3, 0.4) is 0 Å². The Kier molecular flexibility index (Phi) is 7.57. The topological polar surface area (TPSA) is 93.2 Å². The lowest BCUT2D eigenvalue weighted by Crippen LogP contribution is -2.24. The molecule has 0 atom stereocenters. The molecule has 0 aliphatic heterocycles. The summed E-state index contributed by atoms with van der Waals surface area (Å²) in [6, 6.07) is 12.2. The second kappa shape index (κ2) is 9.89. The van der Waals surface area contributed by atoms with Gasteiger partial charge in [-0.3, -0.25) is 0 Å². The molecule has 0 saturated heterocycles. The maximum absolute atomic E-state index is 7.37. The number of nitrogen functional groups attached to an aromatic ring is 1. The van der Waals surface area contributed by atoms with Gasteiger partial charge in [0.2, 0.25) is 0 Å². The number of ether oxygens (including phenoxy) is 2. The van der Waals surface area contributed by atoms with Gasteiger partial charge < -0.3 is 25.9 Å². The van der Waals surface area contributed by atoms with Crippen molar-refractivity contribution in [2.24, 2.45) is 0 Å². The van der Waals surface area contributed by atoms with E-state index in [4.69, 9.17) is 20.6 Å². The fourth-order valence-electron chi connectivity index (χ4n) is 2.21. The molecule has 0 bridgehead atoms. The summed E-state index contributed by atoms with van der Waals surface area (Å²) in [6.07, 6.45) is 4.56. The Bertz CT molecular complexity index is 753. The van der Waals surface area contributed by atoms with Gasteiger partial charge in [0.1, 0.15) is 24.0 Å². The first-order chi connectivity index (χ1) is 12.9. The monoisotopic (exact) mass is 384 g/mol. The first-order valence-electron chi connectivity index (χ1n) is 8.89. The van der Waals surface area contributed by atoms with Gasteiger partial charge >= 0.3 is 0 Å². The number of nitrogens with two attached hydrogens (primary N) is 1. The zero-order valence-corrected chi connectivity index (χ0v) is 17.2.